The van der Waals surface area contributed by atoms with Gasteiger partial charge in [-0.15, -0.1) is 0 Å². The SMILES string of the molecule is CC1(C)CN(C(=O)C2CCCC2NC(=O)c2cccc(CO)c2)CCC1(O)c1ccc(Cl)cc1. The highest BCUT2D eigenvalue weighted by atomic mass is 35.5. The van der Waals surface area contributed by atoms with Crippen LogP contribution in [0, 0.1) is 11.3 Å². The number of nitrogens with one attached hydrogen (secondary N) is 1. The van der Waals surface area contributed by atoms with Gasteiger partial charge in [0, 0.05) is 35.1 Å². The van der Waals surface area contributed by atoms with E-state index in [4.69, 9.17) is 11.6 Å². The number of carbonyl (C=O) groups is 2. The fourth-order valence-corrected chi connectivity index (χ4v) is 5.62. The van der Waals surface area contributed by atoms with Gasteiger partial charge in [0.05, 0.1) is 18.1 Å². The van der Waals surface area contributed by atoms with Gasteiger partial charge in [-0.3, -0.25) is 9.59 Å². The van der Waals surface area contributed by atoms with Crippen LogP contribution in [-0.4, -0.2) is 46.1 Å². The summed E-state index contributed by atoms with van der Waals surface area (Å²) in [6, 6.07) is 14.0. The standard InChI is InChI=1S/C27H33ClN2O4/c1-26(2)17-30(14-13-27(26,34)20-9-11-21(28)12-10-20)25(33)22-7-4-8-23(22)29-24(32)19-6-3-5-18(15-19)16-31/h3,5-6,9-12,15,22-23,31,34H,4,7-8,13-14,16-17H2,1-2H3,(H,29,32). The minimum Gasteiger partial charge on any atom is -0.392 e. The number of rotatable bonds is 5. The maximum atomic E-state index is 13.6. The molecule has 1 saturated carbocycles. The predicted molar refractivity (Wildman–Crippen MR) is 131 cm³/mol. The molecule has 1 aliphatic carbocycles. The van der Waals surface area contributed by atoms with Crippen molar-refractivity contribution in [2.24, 2.45) is 11.3 Å². The van der Waals surface area contributed by atoms with Crippen molar-refractivity contribution < 1.29 is 19.8 Å². The summed E-state index contributed by atoms with van der Waals surface area (Å²) < 4.78 is 0. The van der Waals surface area contributed by atoms with E-state index in [1.807, 2.05) is 30.9 Å². The molecule has 1 heterocycles. The molecule has 1 saturated heterocycles. The second-order valence-corrected chi connectivity index (χ2v) is 10.7. The van der Waals surface area contributed by atoms with Gasteiger partial charge in [0.25, 0.3) is 5.91 Å². The van der Waals surface area contributed by atoms with Crippen LogP contribution in [0.15, 0.2) is 48.5 Å². The van der Waals surface area contributed by atoms with E-state index in [-0.39, 0.29) is 30.4 Å². The third kappa shape index (κ3) is 4.72. The summed E-state index contributed by atoms with van der Waals surface area (Å²) in [6.45, 7) is 4.74. The molecule has 2 amide bonds. The second kappa shape index (κ2) is 9.68. The lowest BCUT2D eigenvalue weighted by atomic mass is 9.66. The number of aliphatic hydroxyl groups excluding tert-OH is 1. The number of aliphatic hydroxyl groups is 2. The van der Waals surface area contributed by atoms with Crippen molar-refractivity contribution in [3.05, 3.63) is 70.2 Å². The van der Waals surface area contributed by atoms with Gasteiger partial charge in [-0.2, -0.15) is 0 Å². The number of benzene rings is 2. The van der Waals surface area contributed by atoms with E-state index in [1.165, 1.54) is 0 Å². The molecule has 34 heavy (non-hydrogen) atoms. The quantitative estimate of drug-likeness (QED) is 0.600. The van der Waals surface area contributed by atoms with Crippen LogP contribution >= 0.6 is 11.6 Å². The smallest absolute Gasteiger partial charge is 0.251 e. The minimum absolute atomic E-state index is 0.0399. The topological polar surface area (TPSA) is 89.9 Å². The molecule has 3 N–H and O–H groups in total. The zero-order valence-electron chi connectivity index (χ0n) is 19.8. The first-order valence-electron chi connectivity index (χ1n) is 11.9. The van der Waals surface area contributed by atoms with Crippen LogP contribution in [0.2, 0.25) is 5.02 Å². The van der Waals surface area contributed by atoms with Crippen molar-refractivity contribution in [2.75, 3.05) is 13.1 Å². The normalized spacial score (nSPS) is 26.3. The maximum Gasteiger partial charge on any atom is 0.251 e. The molecule has 3 unspecified atom stereocenters. The Kier molecular flexibility index (Phi) is 7.04. The Morgan fingerprint density at radius 2 is 1.88 bits per heavy atom. The van der Waals surface area contributed by atoms with E-state index in [1.54, 1.807) is 36.4 Å². The van der Waals surface area contributed by atoms with E-state index in [9.17, 15) is 19.8 Å². The van der Waals surface area contributed by atoms with Crippen LogP contribution < -0.4 is 5.32 Å². The average molecular weight is 485 g/mol. The van der Waals surface area contributed by atoms with E-state index >= 15 is 0 Å². The summed E-state index contributed by atoms with van der Waals surface area (Å²) >= 11 is 6.03. The molecule has 2 fully saturated rings. The van der Waals surface area contributed by atoms with Crippen molar-refractivity contribution in [1.29, 1.82) is 0 Å². The molecule has 7 heteroatoms. The summed E-state index contributed by atoms with van der Waals surface area (Å²) in [6.07, 6.45) is 2.81. The number of halogens is 1. The summed E-state index contributed by atoms with van der Waals surface area (Å²) in [5.41, 5.74) is 0.351. The lowest BCUT2D eigenvalue weighted by Gasteiger charge is -2.51. The van der Waals surface area contributed by atoms with E-state index in [2.05, 4.69) is 5.32 Å². The highest BCUT2D eigenvalue weighted by molar-refractivity contribution is 6.30. The molecule has 0 aromatic heterocycles. The first kappa shape index (κ1) is 24.7. The Labute approximate surface area is 205 Å². The number of piperidine rings is 1. The van der Waals surface area contributed by atoms with Crippen molar-refractivity contribution in [3.63, 3.8) is 0 Å². The van der Waals surface area contributed by atoms with Crippen LogP contribution in [0.1, 0.15) is 61.0 Å². The molecule has 2 aromatic rings. The van der Waals surface area contributed by atoms with E-state index < -0.39 is 11.0 Å². The molecule has 6 nitrogen and oxygen atoms in total. The van der Waals surface area contributed by atoms with Gasteiger partial charge in [-0.25, -0.2) is 0 Å². The first-order chi connectivity index (χ1) is 16.1. The fourth-order valence-electron chi connectivity index (χ4n) is 5.50. The number of carbonyl (C=O) groups excluding carboxylic acids is 2. The highest BCUT2D eigenvalue weighted by Gasteiger charge is 2.50. The number of nitrogens with zero attached hydrogens (tertiary/aromatic N) is 1. The summed E-state index contributed by atoms with van der Waals surface area (Å²) in [4.78, 5) is 28.2. The van der Waals surface area contributed by atoms with Gasteiger partial charge in [-0.1, -0.05) is 56.1 Å². The van der Waals surface area contributed by atoms with Gasteiger partial charge < -0.3 is 20.4 Å². The molecule has 1 aliphatic heterocycles. The molecule has 4 rings (SSSR count). The van der Waals surface area contributed by atoms with Gasteiger partial charge in [0.2, 0.25) is 5.91 Å². The van der Waals surface area contributed by atoms with Gasteiger partial charge in [0.15, 0.2) is 0 Å². The van der Waals surface area contributed by atoms with Crippen molar-refractivity contribution in [1.82, 2.24) is 10.2 Å². The summed E-state index contributed by atoms with van der Waals surface area (Å²) in [5.74, 6) is -0.461. The Hall–Kier alpha value is -2.41. The molecular formula is C27H33ClN2O4. The Morgan fingerprint density at radius 3 is 2.56 bits per heavy atom. The Bertz CT molecular complexity index is 1050. The molecule has 0 bridgehead atoms. The molecule has 3 atom stereocenters. The van der Waals surface area contributed by atoms with Gasteiger partial charge in [-0.05, 0) is 54.7 Å². The summed E-state index contributed by atoms with van der Waals surface area (Å²) in [5, 5.41) is 24.6. The zero-order valence-corrected chi connectivity index (χ0v) is 20.5. The number of hydrogen-bond donors (Lipinski definition) is 3. The third-order valence-electron chi connectivity index (χ3n) is 7.60. The van der Waals surface area contributed by atoms with E-state index in [0.717, 1.165) is 24.8 Å². The lowest BCUT2D eigenvalue weighted by molar-refractivity contribution is -0.156. The molecular weight excluding hydrogens is 452 g/mol. The third-order valence-corrected chi connectivity index (χ3v) is 7.86. The zero-order chi connectivity index (χ0) is 24.5. The highest BCUT2D eigenvalue weighted by Crippen LogP contribution is 2.46. The van der Waals surface area contributed by atoms with Crippen LogP contribution in [0.3, 0.4) is 0 Å². The Balaban J connectivity index is 1.45. The molecule has 2 aliphatic rings. The number of amides is 2. The fraction of sp³-hybridized carbons (Fsp3) is 0.481. The van der Waals surface area contributed by atoms with Crippen LogP contribution in [0.25, 0.3) is 0 Å². The van der Waals surface area contributed by atoms with Crippen LogP contribution in [0.5, 0.6) is 0 Å². The first-order valence-corrected chi connectivity index (χ1v) is 12.3. The summed E-state index contributed by atoms with van der Waals surface area (Å²) in [7, 11) is 0. The largest absolute Gasteiger partial charge is 0.392 e. The lowest BCUT2D eigenvalue weighted by Crippen LogP contribution is -2.58. The maximum absolute atomic E-state index is 13.6. The second-order valence-electron chi connectivity index (χ2n) is 10.2. The van der Waals surface area contributed by atoms with Gasteiger partial charge in [0.1, 0.15) is 0 Å². The monoisotopic (exact) mass is 484 g/mol. The average Bonchev–Trinajstić information content (AvgIpc) is 3.28. The van der Waals surface area contributed by atoms with Crippen LogP contribution in [0.4, 0.5) is 0 Å². The van der Waals surface area contributed by atoms with E-state index in [0.29, 0.717) is 35.7 Å². The molecule has 2 aromatic carbocycles. The van der Waals surface area contributed by atoms with Crippen molar-refractivity contribution in [2.45, 2.75) is 57.8 Å². The van der Waals surface area contributed by atoms with Gasteiger partial charge >= 0.3 is 0 Å². The molecule has 182 valence electrons. The predicted octanol–water partition coefficient (Wildman–Crippen LogP) is 3.88. The Morgan fingerprint density at radius 1 is 1.15 bits per heavy atom. The minimum atomic E-state index is -1.06. The number of hydrogen-bond acceptors (Lipinski definition) is 4. The molecule has 0 radical (unpaired) electrons. The van der Waals surface area contributed by atoms with Crippen LogP contribution in [-0.2, 0) is 17.0 Å². The van der Waals surface area contributed by atoms with Crippen molar-refractivity contribution >= 4 is 23.4 Å². The number of likely N-dealkylation sites (tertiary alicyclic amines) is 1. The van der Waals surface area contributed by atoms with Crippen molar-refractivity contribution in [3.8, 4) is 0 Å². The molecule has 0 spiro atoms.